The lowest BCUT2D eigenvalue weighted by molar-refractivity contribution is -0.140. The fraction of sp³-hybridized carbons (Fsp3) is 0.333. The maximum absolute atomic E-state index is 12.2. The van der Waals surface area contributed by atoms with Gasteiger partial charge in [-0.3, -0.25) is 14.6 Å². The Bertz CT molecular complexity index is 755. The first-order chi connectivity index (χ1) is 10.6. The molecule has 0 spiro atoms. The largest absolute Gasteiger partial charge is 0.384 e. The Morgan fingerprint density at radius 2 is 2.14 bits per heavy atom. The number of nitrogens with one attached hydrogen (secondary N) is 1. The van der Waals surface area contributed by atoms with E-state index < -0.39 is 6.10 Å². The minimum Gasteiger partial charge on any atom is -0.384 e. The molecule has 2 aromatic rings. The zero-order valence-corrected chi connectivity index (χ0v) is 12.1. The smallest absolute Gasteiger partial charge is 0.254 e. The van der Waals surface area contributed by atoms with Crippen molar-refractivity contribution in [2.45, 2.75) is 26.0 Å². The molecule has 0 radical (unpaired) electrons. The van der Waals surface area contributed by atoms with Gasteiger partial charge in [0.05, 0.1) is 12.2 Å². The summed E-state index contributed by atoms with van der Waals surface area (Å²) in [7, 11) is 0. The molecular weight excluding hydrogens is 284 g/mol. The molecule has 7 heteroatoms. The second-order valence-electron chi connectivity index (χ2n) is 5.26. The fourth-order valence-electron chi connectivity index (χ4n) is 2.54. The van der Waals surface area contributed by atoms with Gasteiger partial charge in [-0.25, -0.2) is 4.98 Å². The molecule has 0 fully saturated rings. The molecule has 0 saturated carbocycles. The van der Waals surface area contributed by atoms with Gasteiger partial charge in [-0.05, 0) is 25.5 Å². The Morgan fingerprint density at radius 3 is 2.82 bits per heavy atom. The van der Waals surface area contributed by atoms with Gasteiger partial charge in [-0.1, -0.05) is 0 Å². The van der Waals surface area contributed by atoms with E-state index in [1.807, 2.05) is 0 Å². The van der Waals surface area contributed by atoms with Gasteiger partial charge in [0.15, 0.2) is 0 Å². The van der Waals surface area contributed by atoms with Crippen LogP contribution in [-0.2, 0) is 17.8 Å². The summed E-state index contributed by atoms with van der Waals surface area (Å²) < 4.78 is 0. The lowest BCUT2D eigenvalue weighted by Crippen LogP contribution is -2.43. The highest BCUT2D eigenvalue weighted by Crippen LogP contribution is 2.18. The Morgan fingerprint density at radius 1 is 1.41 bits per heavy atom. The summed E-state index contributed by atoms with van der Waals surface area (Å²) >= 11 is 0. The van der Waals surface area contributed by atoms with Crippen LogP contribution in [0.15, 0.2) is 29.3 Å². The van der Waals surface area contributed by atoms with Gasteiger partial charge in [-0.2, -0.15) is 0 Å². The van der Waals surface area contributed by atoms with Gasteiger partial charge in [0.1, 0.15) is 11.9 Å². The minimum absolute atomic E-state index is 0.180. The number of carbonyl (C=O) groups excluding carboxylic acids is 1. The lowest BCUT2D eigenvalue weighted by Gasteiger charge is -2.28. The summed E-state index contributed by atoms with van der Waals surface area (Å²) in [5.41, 5.74) is 1.76. The molecular formula is C15H16N4O3. The van der Waals surface area contributed by atoms with Crippen LogP contribution in [0.25, 0.3) is 11.4 Å². The van der Waals surface area contributed by atoms with E-state index >= 15 is 0 Å². The number of H-pyrrole nitrogens is 1. The summed E-state index contributed by atoms with van der Waals surface area (Å²) in [6.45, 7) is 2.09. The van der Waals surface area contributed by atoms with Crippen LogP contribution in [0.3, 0.4) is 0 Å². The third-order valence-electron chi connectivity index (χ3n) is 3.70. The maximum Gasteiger partial charge on any atom is 0.254 e. The molecule has 1 aliphatic rings. The monoisotopic (exact) mass is 300 g/mol. The standard InChI is InChI=1S/C15H16N4O3/c1-9(20)15(22)19-7-4-11-12(8-19)17-13(18-14(11)21)10-2-5-16-6-3-10/h2-3,5-6,9,20H,4,7-8H2,1H3,(H,17,18,21)/t9-/m0/s1. The van der Waals surface area contributed by atoms with E-state index in [9.17, 15) is 14.7 Å². The van der Waals surface area contributed by atoms with Crippen LogP contribution >= 0.6 is 0 Å². The number of aliphatic hydroxyl groups is 1. The molecule has 3 rings (SSSR count). The SMILES string of the molecule is C[C@H](O)C(=O)N1CCc2c(nc(-c3ccncc3)[nH]c2=O)C1. The zero-order chi connectivity index (χ0) is 15.7. The van der Waals surface area contributed by atoms with Crippen molar-refractivity contribution in [3.05, 3.63) is 46.1 Å². The molecule has 1 aliphatic heterocycles. The summed E-state index contributed by atoms with van der Waals surface area (Å²) in [5.74, 6) is 0.107. The lowest BCUT2D eigenvalue weighted by atomic mass is 10.1. The number of hydrogen-bond donors (Lipinski definition) is 2. The van der Waals surface area contributed by atoms with E-state index in [0.717, 1.165) is 5.56 Å². The van der Waals surface area contributed by atoms with E-state index in [1.54, 1.807) is 24.5 Å². The Balaban J connectivity index is 1.98. The second-order valence-corrected chi connectivity index (χ2v) is 5.26. The summed E-state index contributed by atoms with van der Waals surface area (Å²) in [4.78, 5) is 36.8. The first-order valence-electron chi connectivity index (χ1n) is 7.05. The number of hydrogen-bond acceptors (Lipinski definition) is 5. The third kappa shape index (κ3) is 2.62. The number of nitrogens with zero attached hydrogens (tertiary/aromatic N) is 3. The normalized spacial score (nSPS) is 15.3. The van der Waals surface area contributed by atoms with E-state index in [-0.39, 0.29) is 18.0 Å². The number of pyridine rings is 1. The number of carbonyl (C=O) groups is 1. The van der Waals surface area contributed by atoms with Gasteiger partial charge in [-0.15, -0.1) is 0 Å². The average Bonchev–Trinajstić information content (AvgIpc) is 2.54. The van der Waals surface area contributed by atoms with E-state index in [2.05, 4.69) is 15.0 Å². The molecule has 0 unspecified atom stereocenters. The predicted octanol–water partition coefficient (Wildman–Crippen LogP) is 0.0974. The van der Waals surface area contributed by atoms with Gasteiger partial charge in [0, 0.05) is 30.1 Å². The van der Waals surface area contributed by atoms with Crippen LogP contribution < -0.4 is 5.56 Å². The van der Waals surface area contributed by atoms with Crippen molar-refractivity contribution in [1.29, 1.82) is 0 Å². The molecule has 0 aliphatic carbocycles. The Kier molecular flexibility index (Phi) is 3.72. The van der Waals surface area contributed by atoms with Crippen molar-refractivity contribution in [3.63, 3.8) is 0 Å². The van der Waals surface area contributed by atoms with Crippen molar-refractivity contribution < 1.29 is 9.90 Å². The molecule has 22 heavy (non-hydrogen) atoms. The Labute approximate surface area is 126 Å². The van der Waals surface area contributed by atoms with Crippen LogP contribution in [-0.4, -0.2) is 43.5 Å². The van der Waals surface area contributed by atoms with E-state index in [4.69, 9.17) is 0 Å². The van der Waals surface area contributed by atoms with E-state index in [1.165, 1.54) is 11.8 Å². The van der Waals surface area contributed by atoms with Crippen molar-refractivity contribution in [2.75, 3.05) is 6.54 Å². The van der Waals surface area contributed by atoms with Crippen molar-refractivity contribution in [2.24, 2.45) is 0 Å². The van der Waals surface area contributed by atoms with Gasteiger partial charge < -0.3 is 15.0 Å². The summed E-state index contributed by atoms with van der Waals surface area (Å²) in [5, 5.41) is 9.42. The topological polar surface area (TPSA) is 99.2 Å². The maximum atomic E-state index is 12.2. The van der Waals surface area contributed by atoms with Crippen LogP contribution in [0.4, 0.5) is 0 Å². The van der Waals surface area contributed by atoms with Gasteiger partial charge in [0.2, 0.25) is 0 Å². The number of fused-ring (bicyclic) bond motifs is 1. The first-order valence-corrected chi connectivity index (χ1v) is 7.05. The zero-order valence-electron chi connectivity index (χ0n) is 12.1. The molecule has 7 nitrogen and oxygen atoms in total. The average molecular weight is 300 g/mol. The predicted molar refractivity (Wildman–Crippen MR) is 78.9 cm³/mol. The highest BCUT2D eigenvalue weighted by Gasteiger charge is 2.26. The first kappa shape index (κ1) is 14.4. The second kappa shape index (κ2) is 5.69. The summed E-state index contributed by atoms with van der Waals surface area (Å²) in [6.07, 6.45) is 2.63. The highest BCUT2D eigenvalue weighted by atomic mass is 16.3. The number of rotatable bonds is 2. The van der Waals surface area contributed by atoms with Crippen molar-refractivity contribution >= 4 is 5.91 Å². The number of aromatic nitrogens is 3. The molecule has 114 valence electrons. The van der Waals surface area contributed by atoms with Gasteiger partial charge in [0.25, 0.3) is 11.5 Å². The van der Waals surface area contributed by atoms with Crippen LogP contribution in [0.2, 0.25) is 0 Å². The van der Waals surface area contributed by atoms with Crippen LogP contribution in [0, 0.1) is 0 Å². The van der Waals surface area contributed by atoms with Crippen LogP contribution in [0.5, 0.6) is 0 Å². The molecule has 0 saturated heterocycles. The highest BCUT2D eigenvalue weighted by molar-refractivity contribution is 5.80. The molecule has 0 aromatic carbocycles. The van der Waals surface area contributed by atoms with Crippen molar-refractivity contribution in [3.8, 4) is 11.4 Å². The Hall–Kier alpha value is -2.54. The fourth-order valence-corrected chi connectivity index (χ4v) is 2.54. The molecule has 2 aromatic heterocycles. The molecule has 0 bridgehead atoms. The molecule has 2 N–H and O–H groups in total. The number of amides is 1. The quantitative estimate of drug-likeness (QED) is 0.819. The summed E-state index contributed by atoms with van der Waals surface area (Å²) in [6, 6.07) is 3.51. The molecule has 1 atom stereocenters. The molecule has 1 amide bonds. The van der Waals surface area contributed by atoms with E-state index in [0.29, 0.717) is 30.0 Å². The molecule has 3 heterocycles. The third-order valence-corrected chi connectivity index (χ3v) is 3.70. The number of aromatic amines is 1. The number of aliphatic hydroxyl groups excluding tert-OH is 1. The van der Waals surface area contributed by atoms with Gasteiger partial charge >= 0.3 is 0 Å². The van der Waals surface area contributed by atoms with Crippen LogP contribution in [0.1, 0.15) is 18.2 Å². The van der Waals surface area contributed by atoms with Crippen molar-refractivity contribution in [1.82, 2.24) is 19.9 Å². The minimum atomic E-state index is -1.05.